The molecule has 0 aliphatic rings. The molecule has 6 heteroatoms. The van der Waals surface area contributed by atoms with Crippen LogP contribution in [0.2, 0.25) is 0 Å². The summed E-state index contributed by atoms with van der Waals surface area (Å²) in [6.45, 7) is 7.56. The summed E-state index contributed by atoms with van der Waals surface area (Å²) in [6, 6.07) is 4.96. The van der Waals surface area contributed by atoms with Gasteiger partial charge in [0.05, 0.1) is 32.3 Å². The Morgan fingerprint density at radius 1 is 0.923 bits per heavy atom. The molecule has 0 spiro atoms. The molecule has 0 aliphatic heterocycles. The Morgan fingerprint density at radius 3 is 2.19 bits per heavy atom. The van der Waals surface area contributed by atoms with Gasteiger partial charge >= 0.3 is 5.97 Å². The first-order valence-electron chi connectivity index (χ1n) is 7.89. The normalized spacial score (nSPS) is 10.1. The molecule has 0 radical (unpaired) electrons. The van der Waals surface area contributed by atoms with Crippen molar-refractivity contribution in [2.75, 3.05) is 34.5 Å². The van der Waals surface area contributed by atoms with Crippen LogP contribution >= 0.6 is 0 Å². The van der Waals surface area contributed by atoms with E-state index in [2.05, 4.69) is 13.2 Å². The molecular formula is C20H22O6. The SMILES string of the molecule is C=CCOC(=O)c1cc(OCC=C)c2c(OC)c(OC)cc(OC)c2c1. The summed E-state index contributed by atoms with van der Waals surface area (Å²) in [7, 11) is 4.61. The van der Waals surface area contributed by atoms with Crippen LogP contribution in [-0.2, 0) is 4.74 Å². The van der Waals surface area contributed by atoms with Crippen LogP contribution < -0.4 is 18.9 Å². The Balaban J connectivity index is 2.78. The van der Waals surface area contributed by atoms with Crippen molar-refractivity contribution in [3.05, 3.63) is 49.1 Å². The second-order valence-electron chi connectivity index (χ2n) is 5.20. The molecule has 0 fully saturated rings. The lowest BCUT2D eigenvalue weighted by atomic mass is 10.0. The molecule has 138 valence electrons. The molecular weight excluding hydrogens is 336 g/mol. The van der Waals surface area contributed by atoms with Gasteiger partial charge in [0.2, 0.25) is 0 Å². The highest BCUT2D eigenvalue weighted by atomic mass is 16.5. The van der Waals surface area contributed by atoms with Crippen molar-refractivity contribution in [3.63, 3.8) is 0 Å². The van der Waals surface area contributed by atoms with Gasteiger partial charge in [-0.15, -0.1) is 0 Å². The molecule has 0 amide bonds. The standard InChI is InChI=1S/C20H22O6/c1-6-8-25-16-11-13(20(21)26-9-7-2)10-14-15(22-3)12-17(23-4)19(24-5)18(14)16/h6-7,10-12H,1-2,8-9H2,3-5H3. The Bertz CT molecular complexity index is 825. The molecule has 2 aromatic rings. The topological polar surface area (TPSA) is 63.2 Å². The van der Waals surface area contributed by atoms with E-state index in [1.54, 1.807) is 24.3 Å². The fourth-order valence-corrected chi connectivity index (χ4v) is 2.55. The highest BCUT2D eigenvalue weighted by molar-refractivity contribution is 6.04. The van der Waals surface area contributed by atoms with Crippen LogP contribution in [-0.4, -0.2) is 40.5 Å². The molecule has 0 heterocycles. The summed E-state index contributed by atoms with van der Waals surface area (Å²) >= 11 is 0. The zero-order valence-electron chi connectivity index (χ0n) is 15.2. The zero-order valence-corrected chi connectivity index (χ0v) is 15.2. The van der Waals surface area contributed by atoms with E-state index in [1.165, 1.54) is 27.4 Å². The van der Waals surface area contributed by atoms with E-state index >= 15 is 0 Å². The average molecular weight is 358 g/mol. The van der Waals surface area contributed by atoms with Gasteiger partial charge in [0, 0.05) is 11.5 Å². The van der Waals surface area contributed by atoms with Crippen LogP contribution in [0.5, 0.6) is 23.0 Å². The Kier molecular flexibility index (Phi) is 6.49. The van der Waals surface area contributed by atoms with Crippen LogP contribution in [0.25, 0.3) is 10.8 Å². The van der Waals surface area contributed by atoms with E-state index in [4.69, 9.17) is 23.7 Å². The van der Waals surface area contributed by atoms with Crippen LogP contribution in [0.1, 0.15) is 10.4 Å². The van der Waals surface area contributed by atoms with Crippen LogP contribution in [0, 0.1) is 0 Å². The fraction of sp³-hybridized carbons (Fsp3) is 0.250. The third-order valence-electron chi connectivity index (χ3n) is 3.65. The molecule has 0 unspecified atom stereocenters. The predicted molar refractivity (Wildman–Crippen MR) is 99.8 cm³/mol. The number of fused-ring (bicyclic) bond motifs is 1. The number of benzene rings is 2. The van der Waals surface area contributed by atoms with E-state index in [9.17, 15) is 4.79 Å². The second kappa shape index (κ2) is 8.80. The third kappa shape index (κ3) is 3.74. The van der Waals surface area contributed by atoms with E-state index in [1.807, 2.05) is 0 Å². The number of hydrogen-bond donors (Lipinski definition) is 0. The average Bonchev–Trinajstić information content (AvgIpc) is 2.68. The summed E-state index contributed by atoms with van der Waals surface area (Å²) in [5, 5.41) is 1.27. The molecule has 6 nitrogen and oxygen atoms in total. The summed E-state index contributed by atoms with van der Waals surface area (Å²) < 4.78 is 27.3. The van der Waals surface area contributed by atoms with Gasteiger partial charge in [-0.2, -0.15) is 0 Å². The summed E-state index contributed by atoms with van der Waals surface area (Å²) in [4.78, 5) is 12.3. The fourth-order valence-electron chi connectivity index (χ4n) is 2.55. The van der Waals surface area contributed by atoms with Gasteiger partial charge in [-0.1, -0.05) is 25.3 Å². The quantitative estimate of drug-likeness (QED) is 0.502. The summed E-state index contributed by atoms with van der Waals surface area (Å²) in [6.07, 6.45) is 3.11. The van der Waals surface area contributed by atoms with Crippen LogP contribution in [0.3, 0.4) is 0 Å². The van der Waals surface area contributed by atoms with Gasteiger partial charge in [-0.25, -0.2) is 4.79 Å². The lowest BCUT2D eigenvalue weighted by Crippen LogP contribution is -2.07. The number of carbonyl (C=O) groups excluding carboxylic acids is 1. The van der Waals surface area contributed by atoms with Gasteiger partial charge in [0.15, 0.2) is 11.5 Å². The van der Waals surface area contributed by atoms with Gasteiger partial charge in [-0.05, 0) is 12.1 Å². The van der Waals surface area contributed by atoms with Gasteiger partial charge in [0.25, 0.3) is 0 Å². The monoisotopic (exact) mass is 358 g/mol. The van der Waals surface area contributed by atoms with E-state index in [0.29, 0.717) is 39.3 Å². The first-order valence-corrected chi connectivity index (χ1v) is 7.89. The largest absolute Gasteiger partial charge is 0.496 e. The van der Waals surface area contributed by atoms with Crippen molar-refractivity contribution in [2.45, 2.75) is 0 Å². The number of ether oxygens (including phenoxy) is 5. The third-order valence-corrected chi connectivity index (χ3v) is 3.65. The number of hydrogen-bond acceptors (Lipinski definition) is 6. The van der Waals surface area contributed by atoms with Crippen molar-refractivity contribution in [3.8, 4) is 23.0 Å². The minimum absolute atomic E-state index is 0.114. The number of rotatable bonds is 9. The minimum atomic E-state index is -0.493. The van der Waals surface area contributed by atoms with E-state index in [-0.39, 0.29) is 13.2 Å². The lowest BCUT2D eigenvalue weighted by molar-refractivity contribution is 0.0549. The van der Waals surface area contributed by atoms with Gasteiger partial charge < -0.3 is 23.7 Å². The van der Waals surface area contributed by atoms with Crippen LogP contribution in [0.15, 0.2) is 43.5 Å². The molecule has 26 heavy (non-hydrogen) atoms. The molecule has 0 N–H and O–H groups in total. The van der Waals surface area contributed by atoms with Crippen LogP contribution in [0.4, 0.5) is 0 Å². The molecule has 0 aromatic heterocycles. The van der Waals surface area contributed by atoms with Gasteiger partial charge in [0.1, 0.15) is 24.7 Å². The summed E-state index contributed by atoms with van der Waals surface area (Å²) in [5.41, 5.74) is 0.323. The van der Waals surface area contributed by atoms with Crippen molar-refractivity contribution < 1.29 is 28.5 Å². The van der Waals surface area contributed by atoms with Crippen molar-refractivity contribution in [2.24, 2.45) is 0 Å². The molecule has 0 atom stereocenters. The lowest BCUT2D eigenvalue weighted by Gasteiger charge is -2.18. The number of methoxy groups -OCH3 is 3. The Hall–Kier alpha value is -3.15. The predicted octanol–water partition coefficient (Wildman–Crippen LogP) is 3.77. The maximum Gasteiger partial charge on any atom is 0.338 e. The summed E-state index contributed by atoms with van der Waals surface area (Å²) in [5.74, 6) is 1.42. The van der Waals surface area contributed by atoms with Gasteiger partial charge in [-0.3, -0.25) is 0 Å². The maximum absolute atomic E-state index is 12.3. The maximum atomic E-state index is 12.3. The van der Waals surface area contributed by atoms with Crippen molar-refractivity contribution in [1.29, 1.82) is 0 Å². The van der Waals surface area contributed by atoms with E-state index < -0.39 is 5.97 Å². The smallest absolute Gasteiger partial charge is 0.338 e. The number of carbonyl (C=O) groups is 1. The molecule has 0 aliphatic carbocycles. The Labute approximate surface area is 152 Å². The highest BCUT2D eigenvalue weighted by Gasteiger charge is 2.21. The Morgan fingerprint density at radius 2 is 1.62 bits per heavy atom. The number of esters is 1. The molecule has 2 aromatic carbocycles. The van der Waals surface area contributed by atoms with Crippen molar-refractivity contribution in [1.82, 2.24) is 0 Å². The zero-order chi connectivity index (χ0) is 19.1. The highest BCUT2D eigenvalue weighted by Crippen LogP contribution is 2.46. The molecule has 2 rings (SSSR count). The molecule has 0 saturated carbocycles. The second-order valence-corrected chi connectivity index (χ2v) is 5.20. The minimum Gasteiger partial charge on any atom is -0.496 e. The molecule has 0 bridgehead atoms. The first kappa shape index (κ1) is 19.2. The molecule has 0 saturated heterocycles. The van der Waals surface area contributed by atoms with Crippen molar-refractivity contribution >= 4 is 16.7 Å². The van der Waals surface area contributed by atoms with E-state index in [0.717, 1.165) is 0 Å². The first-order chi connectivity index (χ1) is 12.6.